The molecule has 6 aliphatic rings. The summed E-state index contributed by atoms with van der Waals surface area (Å²) in [7, 11) is 0. The number of hydrogen-bond acceptors (Lipinski definition) is 0. The minimum Gasteiger partial charge on any atom is -0.199 e. The van der Waals surface area contributed by atoms with Gasteiger partial charge in [-0.2, -0.15) is 9.13 Å². The van der Waals surface area contributed by atoms with Crippen molar-refractivity contribution in [2.24, 2.45) is 5.41 Å². The lowest BCUT2D eigenvalue weighted by molar-refractivity contribution is -0.836. The Hall–Kier alpha value is -4.70. The van der Waals surface area contributed by atoms with E-state index < -0.39 is 5.91 Å². The van der Waals surface area contributed by atoms with E-state index in [1.807, 2.05) is 0 Å². The van der Waals surface area contributed by atoms with Crippen LogP contribution >= 0.6 is 0 Å². The van der Waals surface area contributed by atoms with Crippen LogP contribution in [0.1, 0.15) is 65.0 Å². The maximum atomic E-state index is 2.69. The minimum absolute atomic E-state index is 0.0308. The summed E-state index contributed by atoms with van der Waals surface area (Å²) in [5.41, 5.74) is 18.4. The van der Waals surface area contributed by atoms with E-state index in [0.29, 0.717) is 0 Å². The van der Waals surface area contributed by atoms with Gasteiger partial charge in [-0.15, -0.1) is 0 Å². The van der Waals surface area contributed by atoms with Crippen LogP contribution in [0.5, 0.6) is 0 Å². The van der Waals surface area contributed by atoms with Crippen molar-refractivity contribution in [3.8, 4) is 0 Å². The second-order valence-electron chi connectivity index (χ2n) is 13.9. The molecule has 4 aromatic rings. The topological polar surface area (TPSA) is 15.9 Å². The number of allylic oxidation sites excluding steroid dienone is 3. The second-order valence-corrected chi connectivity index (χ2v) is 13.9. The van der Waals surface area contributed by atoms with Crippen molar-refractivity contribution >= 4 is 34.7 Å². The summed E-state index contributed by atoms with van der Waals surface area (Å²) < 4.78 is 10.7. The Morgan fingerprint density at radius 3 is 2.26 bits per heavy atom. The quantitative estimate of drug-likeness (QED) is 0.282. The van der Waals surface area contributed by atoms with E-state index in [1.54, 1.807) is 0 Å². The number of aryl methyl sites for hydroxylation is 4. The zero-order chi connectivity index (χ0) is 29.2. The van der Waals surface area contributed by atoms with E-state index in [9.17, 15) is 0 Å². The number of hydrogen-bond donors (Lipinski definition) is 0. The highest BCUT2D eigenvalue weighted by Crippen LogP contribution is 2.53. The smallest absolute Gasteiger partial charge is 0.199 e. The molecule has 10 rings (SSSR count). The lowest BCUT2D eigenvalue weighted by Crippen LogP contribution is -2.70. The Kier molecular flexibility index (Phi) is 4.02. The van der Waals surface area contributed by atoms with Crippen LogP contribution in [0, 0.1) is 33.1 Å². The Bertz CT molecular complexity index is 2330. The van der Waals surface area contributed by atoms with Crippen molar-refractivity contribution in [1.29, 1.82) is 0 Å². The normalized spacial score (nSPS) is 22.7. The van der Waals surface area contributed by atoms with Crippen LogP contribution in [0.4, 0.5) is 0 Å². The minimum atomic E-state index is -0.595. The summed E-state index contributed by atoms with van der Waals surface area (Å²) in [5, 5.41) is 2.56. The molecule has 0 saturated heterocycles. The van der Waals surface area contributed by atoms with Crippen LogP contribution in [-0.4, -0.2) is 29.7 Å². The van der Waals surface area contributed by atoms with Crippen LogP contribution in [0.25, 0.3) is 23.3 Å². The van der Waals surface area contributed by atoms with Gasteiger partial charge in [0.1, 0.15) is 0 Å². The molecule has 0 fully saturated rings. The van der Waals surface area contributed by atoms with Crippen molar-refractivity contribution in [2.45, 2.75) is 53.9 Å². The van der Waals surface area contributed by atoms with E-state index in [-0.39, 0.29) is 5.41 Å². The predicted octanol–water partition coefficient (Wildman–Crippen LogP) is 5.68. The molecule has 0 aliphatic carbocycles. The van der Waals surface area contributed by atoms with E-state index in [4.69, 9.17) is 0 Å². The number of aromatic nitrogens is 2. The first-order chi connectivity index (χ1) is 20.7. The molecule has 43 heavy (non-hydrogen) atoms. The standard InChI is InChI=1S/C39H34N4/c1-22-7-9-26(10-8-22)36-30-13-12-28-20-34-38(5,6)21-29-19-27-11-14-32-37(35-24(3)17-23(2)18-25(35)4)33-16-15-31(36)43(33)39(40(27)32,41(28)30)42(29)34/h7-20H,21H2,1-6H3/q+2. The SMILES string of the molecule is Cc1ccc(C2=C3C=CC4=[N+]3C35n6c(ccc62)C=C2[N+]3=C(C=c3ccc(n35)=C4c3c(C)cc(C)cc3C)CC2(C)C)cc1. The van der Waals surface area contributed by atoms with Crippen molar-refractivity contribution in [3.05, 3.63) is 140 Å². The van der Waals surface area contributed by atoms with Crippen molar-refractivity contribution in [2.75, 3.05) is 0 Å². The number of rotatable bonds is 2. The molecule has 4 nitrogen and oxygen atoms in total. The molecule has 1 spiro atoms. The fourth-order valence-electron chi connectivity index (χ4n) is 9.17. The maximum Gasteiger partial charge on any atom is 0.553 e. The van der Waals surface area contributed by atoms with Gasteiger partial charge in [-0.3, -0.25) is 0 Å². The van der Waals surface area contributed by atoms with Gasteiger partial charge in [0.05, 0.1) is 38.6 Å². The van der Waals surface area contributed by atoms with Crippen LogP contribution < -0.4 is 10.7 Å². The average Bonchev–Trinajstić information content (AvgIpc) is 3.73. The van der Waals surface area contributed by atoms with Crippen LogP contribution in [0.15, 0.2) is 84.2 Å². The molecule has 0 bridgehead atoms. The van der Waals surface area contributed by atoms with Crippen LogP contribution in [-0.2, 0) is 5.91 Å². The molecular formula is C39H34N4+2. The molecule has 0 N–H and O–H groups in total. The average molecular weight is 559 g/mol. The van der Waals surface area contributed by atoms with Gasteiger partial charge in [0.2, 0.25) is 17.1 Å². The Morgan fingerprint density at radius 2 is 1.49 bits per heavy atom. The predicted molar refractivity (Wildman–Crippen MR) is 172 cm³/mol. The maximum absolute atomic E-state index is 2.69. The van der Waals surface area contributed by atoms with E-state index in [0.717, 1.165) is 6.42 Å². The summed E-state index contributed by atoms with van der Waals surface area (Å²) in [6, 6.07) is 23.2. The van der Waals surface area contributed by atoms with Crippen LogP contribution in [0.3, 0.4) is 0 Å². The van der Waals surface area contributed by atoms with Gasteiger partial charge in [-0.25, -0.2) is 0 Å². The van der Waals surface area contributed by atoms with Gasteiger partial charge in [-0.1, -0.05) is 56.7 Å². The highest BCUT2D eigenvalue weighted by molar-refractivity contribution is 6.28. The van der Waals surface area contributed by atoms with Gasteiger partial charge < -0.3 is 0 Å². The molecule has 1 atom stereocenters. The lowest BCUT2D eigenvalue weighted by atomic mass is 9.85. The molecule has 2 aromatic carbocycles. The summed E-state index contributed by atoms with van der Waals surface area (Å²) in [4.78, 5) is 0. The molecule has 208 valence electrons. The summed E-state index contributed by atoms with van der Waals surface area (Å²) in [5.74, 6) is -0.595. The molecule has 4 heteroatoms. The fourth-order valence-corrected chi connectivity index (χ4v) is 9.17. The molecule has 1 unspecified atom stereocenters. The molecule has 2 aromatic heterocycles. The van der Waals surface area contributed by atoms with E-state index >= 15 is 0 Å². The van der Waals surface area contributed by atoms with E-state index in [2.05, 4.69) is 145 Å². The highest BCUT2D eigenvalue weighted by Gasteiger charge is 2.73. The summed E-state index contributed by atoms with van der Waals surface area (Å²) in [6.07, 6.45) is 10.7. The van der Waals surface area contributed by atoms with Gasteiger partial charge in [0.15, 0.2) is 5.71 Å². The fraction of sp³-hybridized carbons (Fsp3) is 0.231. The van der Waals surface area contributed by atoms with Crippen molar-refractivity contribution in [3.63, 3.8) is 0 Å². The van der Waals surface area contributed by atoms with E-state index in [1.165, 1.54) is 89.4 Å². The monoisotopic (exact) mass is 558 g/mol. The molecule has 8 heterocycles. The summed E-state index contributed by atoms with van der Waals surface area (Å²) in [6.45, 7) is 13.8. The first-order valence-electron chi connectivity index (χ1n) is 15.5. The molecule has 0 saturated carbocycles. The third-order valence-electron chi connectivity index (χ3n) is 10.6. The zero-order valence-electron chi connectivity index (χ0n) is 25.6. The molecule has 6 aliphatic heterocycles. The van der Waals surface area contributed by atoms with Crippen molar-refractivity contribution < 1.29 is 9.15 Å². The van der Waals surface area contributed by atoms with Gasteiger partial charge in [0, 0.05) is 30.7 Å². The zero-order valence-corrected chi connectivity index (χ0v) is 25.6. The molecule has 0 amide bonds. The molecular weight excluding hydrogens is 524 g/mol. The third-order valence-corrected chi connectivity index (χ3v) is 10.6. The number of nitrogens with zero attached hydrogens (tertiary/aromatic N) is 4. The van der Waals surface area contributed by atoms with Crippen molar-refractivity contribution in [1.82, 2.24) is 9.13 Å². The third kappa shape index (κ3) is 2.54. The Balaban J connectivity index is 1.45. The Morgan fingerprint density at radius 1 is 0.721 bits per heavy atom. The second kappa shape index (κ2) is 7.26. The van der Waals surface area contributed by atoms with Gasteiger partial charge in [0.25, 0.3) is 0 Å². The van der Waals surface area contributed by atoms with Crippen LogP contribution in [0.2, 0.25) is 0 Å². The first-order valence-corrected chi connectivity index (χ1v) is 15.5. The largest absolute Gasteiger partial charge is 0.553 e. The Labute approximate surface area is 251 Å². The van der Waals surface area contributed by atoms with Gasteiger partial charge >= 0.3 is 5.91 Å². The number of benzene rings is 2. The van der Waals surface area contributed by atoms with Gasteiger partial charge in [-0.05, 0) is 88.1 Å². The molecule has 0 radical (unpaired) electrons. The lowest BCUT2D eigenvalue weighted by Gasteiger charge is -2.40. The highest BCUT2D eigenvalue weighted by atomic mass is 15.6. The summed E-state index contributed by atoms with van der Waals surface area (Å²) >= 11 is 0. The first kappa shape index (κ1) is 23.8.